The highest BCUT2D eigenvalue weighted by Crippen LogP contribution is 2.53. The Morgan fingerprint density at radius 3 is 1.76 bits per heavy atom. The van der Waals surface area contributed by atoms with Gasteiger partial charge < -0.3 is 0 Å². The van der Waals surface area contributed by atoms with Crippen LogP contribution in [0, 0.1) is 34.0 Å². The maximum atomic E-state index is 13.7. The maximum Gasteiger partial charge on any atom is 0.377 e. The molecule has 0 aliphatic heterocycles. The van der Waals surface area contributed by atoms with Crippen molar-refractivity contribution < 1.29 is 43.9 Å². The molecule has 0 aromatic carbocycles. The van der Waals surface area contributed by atoms with Crippen LogP contribution in [-0.4, -0.2) is 24.2 Å². The fraction of sp³-hybridized carbons (Fsp3) is 0.692. The molecule has 142 valence electrons. The van der Waals surface area contributed by atoms with Gasteiger partial charge in [0.15, 0.2) is 5.41 Å². The molecule has 0 saturated carbocycles. The topological polar surface area (TPSA) is 47.6 Å². The third-order valence-corrected chi connectivity index (χ3v) is 3.52. The summed E-state index contributed by atoms with van der Waals surface area (Å²) in [5, 5.41) is 17.7. The van der Waals surface area contributed by atoms with Crippen molar-refractivity contribution in [2.24, 2.45) is 11.3 Å². The van der Waals surface area contributed by atoms with E-state index in [1.54, 1.807) is 0 Å². The summed E-state index contributed by atoms with van der Waals surface area (Å²) in [5.41, 5.74) is -3.10. The Kier molecular flexibility index (Phi) is 6.90. The van der Waals surface area contributed by atoms with Crippen molar-refractivity contribution in [1.82, 2.24) is 0 Å². The van der Waals surface area contributed by atoms with Gasteiger partial charge in [-0.3, -0.25) is 0 Å². The van der Waals surface area contributed by atoms with Crippen LogP contribution < -0.4 is 0 Å². The molecule has 0 amide bonds. The van der Waals surface area contributed by atoms with Crippen molar-refractivity contribution in [3.05, 3.63) is 12.2 Å². The van der Waals surface area contributed by atoms with Crippen molar-refractivity contribution in [3.8, 4) is 12.1 Å². The highest BCUT2D eigenvalue weighted by Gasteiger charge is 2.76. The third-order valence-electron chi connectivity index (χ3n) is 3.52. The van der Waals surface area contributed by atoms with Crippen molar-refractivity contribution >= 4 is 0 Å². The van der Waals surface area contributed by atoms with Crippen LogP contribution in [0.5, 0.6) is 0 Å². The molecule has 12 heteroatoms. The third kappa shape index (κ3) is 4.35. The largest absolute Gasteiger partial charge is 0.377 e. The lowest BCUT2D eigenvalue weighted by atomic mass is 9.72. The van der Waals surface area contributed by atoms with Gasteiger partial charge >= 0.3 is 24.2 Å². The van der Waals surface area contributed by atoms with Gasteiger partial charge in [0, 0.05) is 0 Å². The van der Waals surface area contributed by atoms with E-state index in [9.17, 15) is 43.9 Å². The van der Waals surface area contributed by atoms with E-state index < -0.39 is 54.4 Å². The Balaban J connectivity index is 5.91. The number of nitrogens with zero attached hydrogens (tertiary/aromatic N) is 2. The molecule has 1 atom stereocenters. The van der Waals surface area contributed by atoms with Crippen molar-refractivity contribution in [1.29, 1.82) is 10.5 Å². The zero-order chi connectivity index (χ0) is 20.3. The summed E-state index contributed by atoms with van der Waals surface area (Å²) in [6.45, 7) is 0.797. The Morgan fingerprint density at radius 2 is 1.44 bits per heavy atom. The average molecular weight is 384 g/mol. The summed E-state index contributed by atoms with van der Waals surface area (Å²) in [5.74, 6) is -20.6. The van der Waals surface area contributed by atoms with Gasteiger partial charge in [-0.05, 0) is 18.4 Å². The van der Waals surface area contributed by atoms with E-state index in [0.29, 0.717) is 0 Å². The van der Waals surface area contributed by atoms with Gasteiger partial charge in [-0.25, -0.2) is 8.78 Å². The lowest BCUT2D eigenvalue weighted by Crippen LogP contribution is -2.59. The summed E-state index contributed by atoms with van der Waals surface area (Å²) < 4.78 is 128. The predicted octanol–water partition coefficient (Wildman–Crippen LogP) is 5.39. The minimum atomic E-state index is -6.59. The van der Waals surface area contributed by atoms with Crippen LogP contribution in [0.2, 0.25) is 0 Å². The molecule has 0 bridgehead atoms. The standard InChI is InChI=1S/C13H10F10N2/c1-7(2-3-8(14)15)10(5-24,6-25)4-11(18,19)13(22,23)12(20,21)9(16)17/h3,7,9H,2,4H2,1H3. The van der Waals surface area contributed by atoms with Gasteiger partial charge in [0.2, 0.25) is 0 Å². The lowest BCUT2D eigenvalue weighted by molar-refractivity contribution is -0.342. The number of halogens is 10. The highest BCUT2D eigenvalue weighted by molar-refractivity contribution is 5.19. The van der Waals surface area contributed by atoms with Crippen LogP contribution in [0.1, 0.15) is 19.8 Å². The van der Waals surface area contributed by atoms with Gasteiger partial charge in [-0.1, -0.05) is 6.92 Å². The molecule has 25 heavy (non-hydrogen) atoms. The number of hydrogen-bond acceptors (Lipinski definition) is 2. The molecular formula is C13H10F10N2. The molecule has 0 fully saturated rings. The van der Waals surface area contributed by atoms with Crippen LogP contribution in [0.4, 0.5) is 43.9 Å². The minimum Gasteiger partial charge on any atom is -0.203 e. The fourth-order valence-electron chi connectivity index (χ4n) is 1.81. The van der Waals surface area contributed by atoms with Crippen LogP contribution in [0.25, 0.3) is 0 Å². The molecule has 0 heterocycles. The molecule has 0 spiro atoms. The number of nitriles is 2. The predicted molar refractivity (Wildman–Crippen MR) is 63.2 cm³/mol. The zero-order valence-corrected chi connectivity index (χ0v) is 12.3. The van der Waals surface area contributed by atoms with E-state index in [2.05, 4.69) is 0 Å². The van der Waals surface area contributed by atoms with Crippen molar-refractivity contribution in [3.63, 3.8) is 0 Å². The molecule has 1 unspecified atom stereocenters. The summed E-state index contributed by atoms with van der Waals surface area (Å²) >= 11 is 0. The van der Waals surface area contributed by atoms with E-state index in [-0.39, 0.29) is 6.08 Å². The lowest BCUT2D eigenvalue weighted by Gasteiger charge is -2.36. The van der Waals surface area contributed by atoms with Gasteiger partial charge in [-0.2, -0.15) is 45.6 Å². The molecule has 0 aromatic heterocycles. The first-order chi connectivity index (χ1) is 11.1. The molecule has 0 aliphatic rings. The second-order valence-electron chi connectivity index (χ2n) is 5.20. The molecule has 0 aliphatic carbocycles. The molecule has 0 radical (unpaired) electrons. The molecule has 0 aromatic rings. The molecular weight excluding hydrogens is 374 g/mol. The minimum absolute atomic E-state index is 0.109. The van der Waals surface area contributed by atoms with Gasteiger partial charge in [0.05, 0.1) is 18.6 Å². The monoisotopic (exact) mass is 384 g/mol. The Bertz CT molecular complexity index is 567. The smallest absolute Gasteiger partial charge is 0.203 e. The Labute approximate surface area is 135 Å². The maximum absolute atomic E-state index is 13.7. The SMILES string of the molecule is CC(CC=C(F)F)C(C#N)(C#N)CC(F)(F)C(F)(F)C(F)(F)C(F)F. The summed E-state index contributed by atoms with van der Waals surface area (Å²) in [6, 6.07) is 1.83. The zero-order valence-electron chi connectivity index (χ0n) is 12.3. The number of allylic oxidation sites excluding steroid dienone is 1. The molecule has 0 saturated heterocycles. The number of hydrogen-bond donors (Lipinski definition) is 0. The molecule has 2 nitrogen and oxygen atoms in total. The average Bonchev–Trinajstić information content (AvgIpc) is 2.49. The normalized spacial score (nSPS) is 14.6. The second-order valence-corrected chi connectivity index (χ2v) is 5.20. The van der Waals surface area contributed by atoms with E-state index in [0.717, 1.165) is 19.1 Å². The first-order valence-corrected chi connectivity index (χ1v) is 6.36. The quantitative estimate of drug-likeness (QED) is 0.527. The van der Waals surface area contributed by atoms with Gasteiger partial charge in [0.25, 0.3) is 6.08 Å². The molecule has 0 rings (SSSR count). The van der Waals surface area contributed by atoms with E-state index >= 15 is 0 Å². The molecule has 0 N–H and O–H groups in total. The van der Waals surface area contributed by atoms with E-state index in [4.69, 9.17) is 10.5 Å². The van der Waals surface area contributed by atoms with Gasteiger partial charge in [0.1, 0.15) is 0 Å². The highest BCUT2D eigenvalue weighted by atomic mass is 19.4. The van der Waals surface area contributed by atoms with Crippen molar-refractivity contribution in [2.45, 2.75) is 44.0 Å². The first kappa shape index (κ1) is 23.0. The van der Waals surface area contributed by atoms with Crippen LogP contribution in [0.3, 0.4) is 0 Å². The first-order valence-electron chi connectivity index (χ1n) is 6.36. The second kappa shape index (κ2) is 7.50. The Morgan fingerprint density at radius 1 is 1.00 bits per heavy atom. The summed E-state index contributed by atoms with van der Waals surface area (Å²) in [6.07, 6.45) is -10.8. The van der Waals surface area contributed by atoms with Crippen molar-refractivity contribution in [2.75, 3.05) is 0 Å². The van der Waals surface area contributed by atoms with Crippen LogP contribution >= 0.6 is 0 Å². The van der Waals surface area contributed by atoms with E-state index in [1.165, 1.54) is 0 Å². The fourth-order valence-corrected chi connectivity index (χ4v) is 1.81. The Hall–Kier alpha value is -1.98. The number of alkyl halides is 8. The van der Waals surface area contributed by atoms with E-state index in [1.807, 2.05) is 0 Å². The summed E-state index contributed by atoms with van der Waals surface area (Å²) in [7, 11) is 0. The summed E-state index contributed by atoms with van der Waals surface area (Å²) in [4.78, 5) is 0. The van der Waals surface area contributed by atoms with Crippen LogP contribution in [0.15, 0.2) is 12.2 Å². The van der Waals surface area contributed by atoms with Crippen LogP contribution in [-0.2, 0) is 0 Å². The number of rotatable bonds is 8. The van der Waals surface area contributed by atoms with Gasteiger partial charge in [-0.15, -0.1) is 0 Å².